The van der Waals surface area contributed by atoms with Crippen molar-refractivity contribution in [3.05, 3.63) is 57.8 Å². The van der Waals surface area contributed by atoms with Crippen molar-refractivity contribution in [2.75, 3.05) is 20.6 Å². The van der Waals surface area contributed by atoms with Crippen LogP contribution in [0.25, 0.3) is 0 Å². The summed E-state index contributed by atoms with van der Waals surface area (Å²) in [5.41, 5.74) is 1.35. The van der Waals surface area contributed by atoms with Gasteiger partial charge in [-0.2, -0.15) is 0 Å². The van der Waals surface area contributed by atoms with E-state index in [0.717, 1.165) is 13.0 Å². The zero-order valence-electron chi connectivity index (χ0n) is 13.5. The monoisotopic (exact) mass is 302 g/mol. The molecule has 2 nitrogen and oxygen atoms in total. The first-order chi connectivity index (χ1) is 10.1. The van der Waals surface area contributed by atoms with Gasteiger partial charge < -0.3 is 10.2 Å². The Kier molecular flexibility index (Phi) is 5.97. The standard InChI is InChI=1S/C18H26N2S/c1-5-16-11-12-18(21-16)14(2)19-17(13-20(3)4)15-9-7-6-8-10-15/h6-12,14,17,19H,5,13H2,1-4H3. The van der Waals surface area contributed by atoms with Crippen LogP contribution in [0, 0.1) is 0 Å². The second-order valence-electron chi connectivity index (χ2n) is 5.77. The van der Waals surface area contributed by atoms with Crippen molar-refractivity contribution >= 4 is 11.3 Å². The van der Waals surface area contributed by atoms with E-state index in [0.29, 0.717) is 12.1 Å². The van der Waals surface area contributed by atoms with E-state index >= 15 is 0 Å². The van der Waals surface area contributed by atoms with Crippen molar-refractivity contribution in [1.82, 2.24) is 10.2 Å². The molecule has 0 spiro atoms. The summed E-state index contributed by atoms with van der Waals surface area (Å²) in [6, 6.07) is 16.0. The highest BCUT2D eigenvalue weighted by Gasteiger charge is 2.17. The van der Waals surface area contributed by atoms with Crippen LogP contribution in [0.4, 0.5) is 0 Å². The van der Waals surface area contributed by atoms with Crippen LogP contribution in [-0.4, -0.2) is 25.5 Å². The third-order valence-electron chi connectivity index (χ3n) is 3.66. The Morgan fingerprint density at radius 1 is 1.10 bits per heavy atom. The van der Waals surface area contributed by atoms with E-state index in [2.05, 4.69) is 80.6 Å². The van der Waals surface area contributed by atoms with Crippen LogP contribution in [0.2, 0.25) is 0 Å². The minimum absolute atomic E-state index is 0.350. The number of rotatable bonds is 7. The molecule has 0 radical (unpaired) electrons. The number of thiophene rings is 1. The Balaban J connectivity index is 2.11. The highest BCUT2D eigenvalue weighted by Crippen LogP contribution is 2.26. The molecule has 0 fully saturated rings. The molecule has 114 valence electrons. The fraction of sp³-hybridized carbons (Fsp3) is 0.444. The van der Waals surface area contributed by atoms with Gasteiger partial charge >= 0.3 is 0 Å². The van der Waals surface area contributed by atoms with Crippen LogP contribution in [-0.2, 0) is 6.42 Å². The van der Waals surface area contributed by atoms with E-state index in [1.165, 1.54) is 15.3 Å². The second kappa shape index (κ2) is 7.74. The summed E-state index contributed by atoms with van der Waals surface area (Å²) in [6.07, 6.45) is 1.12. The molecule has 0 amide bonds. The topological polar surface area (TPSA) is 15.3 Å². The number of nitrogens with zero attached hydrogens (tertiary/aromatic N) is 1. The number of aryl methyl sites for hydroxylation is 1. The van der Waals surface area contributed by atoms with Crippen molar-refractivity contribution in [2.24, 2.45) is 0 Å². The van der Waals surface area contributed by atoms with E-state index in [4.69, 9.17) is 0 Å². The summed E-state index contributed by atoms with van der Waals surface area (Å²) in [7, 11) is 4.26. The smallest absolute Gasteiger partial charge is 0.0453 e. The first kappa shape index (κ1) is 16.2. The largest absolute Gasteiger partial charge is 0.308 e. The lowest BCUT2D eigenvalue weighted by molar-refractivity contribution is 0.326. The maximum atomic E-state index is 3.79. The van der Waals surface area contributed by atoms with Crippen molar-refractivity contribution < 1.29 is 0 Å². The Hall–Kier alpha value is -1.16. The molecule has 2 aromatic rings. The summed E-state index contributed by atoms with van der Waals surface area (Å²) < 4.78 is 0. The van der Waals surface area contributed by atoms with Gasteiger partial charge in [0, 0.05) is 28.4 Å². The molecular formula is C18H26N2S. The summed E-state index contributed by atoms with van der Waals surface area (Å²) in [5, 5.41) is 3.79. The lowest BCUT2D eigenvalue weighted by Crippen LogP contribution is -2.32. The molecule has 1 N–H and O–H groups in total. The molecule has 0 aliphatic rings. The highest BCUT2D eigenvalue weighted by atomic mass is 32.1. The van der Waals surface area contributed by atoms with Gasteiger partial charge in [-0.1, -0.05) is 37.3 Å². The minimum atomic E-state index is 0.350. The van der Waals surface area contributed by atoms with E-state index in [-0.39, 0.29) is 0 Å². The zero-order valence-corrected chi connectivity index (χ0v) is 14.3. The first-order valence-electron chi connectivity index (χ1n) is 7.64. The van der Waals surface area contributed by atoms with Crippen LogP contribution >= 0.6 is 11.3 Å². The summed E-state index contributed by atoms with van der Waals surface area (Å²) in [4.78, 5) is 5.12. The van der Waals surface area contributed by atoms with Gasteiger partial charge in [0.05, 0.1) is 0 Å². The SMILES string of the molecule is CCc1ccc(C(C)NC(CN(C)C)c2ccccc2)s1. The summed E-state index contributed by atoms with van der Waals surface area (Å²) in [6.45, 7) is 5.48. The van der Waals surface area contributed by atoms with Gasteiger partial charge in [-0.15, -0.1) is 11.3 Å². The van der Waals surface area contributed by atoms with E-state index in [9.17, 15) is 0 Å². The molecule has 0 saturated carbocycles. The number of likely N-dealkylation sites (N-methyl/N-ethyl adjacent to an activating group) is 1. The molecule has 1 aromatic carbocycles. The maximum Gasteiger partial charge on any atom is 0.0453 e. The second-order valence-corrected chi connectivity index (χ2v) is 6.97. The van der Waals surface area contributed by atoms with Gasteiger partial charge in [-0.25, -0.2) is 0 Å². The van der Waals surface area contributed by atoms with Gasteiger partial charge in [-0.05, 0) is 45.1 Å². The molecule has 3 heteroatoms. The first-order valence-corrected chi connectivity index (χ1v) is 8.46. The van der Waals surface area contributed by atoms with Crippen LogP contribution in [0.5, 0.6) is 0 Å². The fourth-order valence-electron chi connectivity index (χ4n) is 2.51. The van der Waals surface area contributed by atoms with Crippen LogP contribution in [0.3, 0.4) is 0 Å². The van der Waals surface area contributed by atoms with Gasteiger partial charge in [0.1, 0.15) is 0 Å². The maximum absolute atomic E-state index is 3.79. The molecule has 0 aliphatic carbocycles. The Bertz CT molecular complexity index is 533. The predicted molar refractivity (Wildman–Crippen MR) is 93.0 cm³/mol. The fourth-order valence-corrected chi connectivity index (χ4v) is 3.47. The van der Waals surface area contributed by atoms with Crippen LogP contribution in [0.15, 0.2) is 42.5 Å². The number of hydrogen-bond donors (Lipinski definition) is 1. The van der Waals surface area contributed by atoms with Gasteiger partial charge in [-0.3, -0.25) is 0 Å². The number of benzene rings is 1. The molecular weight excluding hydrogens is 276 g/mol. The molecule has 1 heterocycles. The molecule has 0 aliphatic heterocycles. The molecule has 1 aromatic heterocycles. The van der Waals surface area contributed by atoms with Gasteiger partial charge in [0.15, 0.2) is 0 Å². The van der Waals surface area contributed by atoms with Crippen molar-refractivity contribution in [2.45, 2.75) is 32.4 Å². The van der Waals surface area contributed by atoms with Crippen LogP contribution < -0.4 is 5.32 Å². The highest BCUT2D eigenvalue weighted by molar-refractivity contribution is 7.12. The molecule has 2 rings (SSSR count). The number of nitrogens with one attached hydrogen (secondary N) is 1. The molecule has 2 unspecified atom stereocenters. The summed E-state index contributed by atoms with van der Waals surface area (Å²) >= 11 is 1.92. The Morgan fingerprint density at radius 3 is 2.38 bits per heavy atom. The number of hydrogen-bond acceptors (Lipinski definition) is 3. The Morgan fingerprint density at radius 2 is 1.81 bits per heavy atom. The van der Waals surface area contributed by atoms with Crippen molar-refractivity contribution in [3.63, 3.8) is 0 Å². The predicted octanol–water partition coefficient (Wildman–Crippen LogP) is 4.26. The van der Waals surface area contributed by atoms with Gasteiger partial charge in [0.2, 0.25) is 0 Å². The lowest BCUT2D eigenvalue weighted by atomic mass is 10.1. The Labute approximate surface area is 132 Å². The van der Waals surface area contributed by atoms with E-state index in [1.807, 2.05) is 11.3 Å². The van der Waals surface area contributed by atoms with Crippen molar-refractivity contribution in [3.8, 4) is 0 Å². The van der Waals surface area contributed by atoms with Gasteiger partial charge in [0.25, 0.3) is 0 Å². The van der Waals surface area contributed by atoms with Crippen molar-refractivity contribution in [1.29, 1.82) is 0 Å². The molecule has 2 atom stereocenters. The molecule has 21 heavy (non-hydrogen) atoms. The quantitative estimate of drug-likeness (QED) is 0.822. The van der Waals surface area contributed by atoms with Crippen LogP contribution in [0.1, 0.15) is 41.2 Å². The third-order valence-corrected chi connectivity index (χ3v) is 5.07. The average Bonchev–Trinajstić information content (AvgIpc) is 2.96. The van der Waals surface area contributed by atoms with E-state index < -0.39 is 0 Å². The lowest BCUT2D eigenvalue weighted by Gasteiger charge is -2.26. The summed E-state index contributed by atoms with van der Waals surface area (Å²) in [5.74, 6) is 0. The molecule has 0 bridgehead atoms. The molecule has 0 saturated heterocycles. The zero-order chi connectivity index (χ0) is 15.2. The minimum Gasteiger partial charge on any atom is -0.308 e. The normalized spacial score (nSPS) is 14.3. The van der Waals surface area contributed by atoms with E-state index in [1.54, 1.807) is 0 Å². The third kappa shape index (κ3) is 4.67. The average molecular weight is 302 g/mol.